The molecule has 1 aliphatic heterocycles. The Balaban J connectivity index is 1.49. The summed E-state index contributed by atoms with van der Waals surface area (Å²) in [6.07, 6.45) is 9.87. The van der Waals surface area contributed by atoms with Crippen molar-refractivity contribution in [3.8, 4) is 11.6 Å². The van der Waals surface area contributed by atoms with Crippen LogP contribution in [0.5, 0.6) is 11.6 Å². The number of amidine groups is 1. The number of hydroxylamine groups is 1. The monoisotopic (exact) mass is 394 g/mol. The highest BCUT2D eigenvalue weighted by Gasteiger charge is 2.20. The van der Waals surface area contributed by atoms with Crippen LogP contribution in [0.2, 0.25) is 0 Å². The highest BCUT2D eigenvalue weighted by atomic mass is 16.5. The van der Waals surface area contributed by atoms with Gasteiger partial charge in [0, 0.05) is 18.8 Å². The van der Waals surface area contributed by atoms with Crippen LogP contribution in [-0.2, 0) is 12.8 Å². The molecule has 0 bridgehead atoms. The molecule has 29 heavy (non-hydrogen) atoms. The number of aryl methyl sites for hydroxylation is 2. The fraction of sp³-hybridized carbons (Fsp3) is 0.478. The summed E-state index contributed by atoms with van der Waals surface area (Å²) in [5, 5.41) is 9.70. The molecular formula is C23H30N4O2. The van der Waals surface area contributed by atoms with E-state index in [1.807, 2.05) is 18.2 Å². The van der Waals surface area contributed by atoms with Gasteiger partial charge in [0.1, 0.15) is 5.75 Å². The molecule has 6 heteroatoms. The molecule has 0 radical (unpaired) electrons. The van der Waals surface area contributed by atoms with Gasteiger partial charge in [-0.25, -0.2) is 4.98 Å². The van der Waals surface area contributed by atoms with Crippen molar-refractivity contribution in [1.82, 2.24) is 15.4 Å². The van der Waals surface area contributed by atoms with Gasteiger partial charge in [-0.05, 0) is 93.9 Å². The summed E-state index contributed by atoms with van der Waals surface area (Å²) in [6, 6.07) is 10.5. The van der Waals surface area contributed by atoms with Crippen LogP contribution in [0, 0.1) is 0 Å². The quantitative estimate of drug-likeness (QED) is 0.441. The zero-order chi connectivity index (χ0) is 20.1. The molecule has 1 saturated heterocycles. The number of benzene rings is 1. The molecule has 1 aromatic carbocycles. The number of ether oxygens (including phenoxy) is 1. The smallest absolute Gasteiger partial charge is 0.230 e. The highest BCUT2D eigenvalue weighted by Crippen LogP contribution is 2.29. The van der Waals surface area contributed by atoms with Crippen LogP contribution < -0.4 is 10.2 Å². The van der Waals surface area contributed by atoms with Crippen molar-refractivity contribution in [2.45, 2.75) is 51.0 Å². The standard InChI is InChI=1S/C23H30N4O2/c1-27-15-5-8-19(27)12-14-24-22(26-28)21-9-4-13-25-23(21)29-20-11-10-17-6-2-3-7-18(17)16-20/h4,9-11,13,16,19,28H,2-3,5-8,12,14-15H2,1H3,(H,24,26). The number of nitrogens with zero attached hydrogens (tertiary/aromatic N) is 3. The Labute approximate surface area is 172 Å². The Morgan fingerprint density at radius 3 is 2.90 bits per heavy atom. The van der Waals surface area contributed by atoms with E-state index in [-0.39, 0.29) is 0 Å². The fourth-order valence-corrected chi connectivity index (χ4v) is 4.39. The largest absolute Gasteiger partial charge is 0.438 e. The molecule has 2 N–H and O–H groups in total. The summed E-state index contributed by atoms with van der Waals surface area (Å²) in [4.78, 5) is 11.4. The van der Waals surface area contributed by atoms with Crippen molar-refractivity contribution in [3.05, 3.63) is 53.2 Å². The van der Waals surface area contributed by atoms with Crippen LogP contribution in [0.4, 0.5) is 0 Å². The van der Waals surface area contributed by atoms with Gasteiger partial charge in [0.25, 0.3) is 0 Å². The number of hydrogen-bond acceptors (Lipinski definition) is 5. The lowest BCUT2D eigenvalue weighted by atomic mass is 9.92. The summed E-state index contributed by atoms with van der Waals surface area (Å²) < 4.78 is 6.10. The van der Waals surface area contributed by atoms with E-state index in [9.17, 15) is 5.21 Å². The lowest BCUT2D eigenvalue weighted by molar-refractivity contribution is 0.234. The van der Waals surface area contributed by atoms with Crippen molar-refractivity contribution >= 4 is 5.84 Å². The van der Waals surface area contributed by atoms with E-state index in [1.165, 1.54) is 36.8 Å². The molecule has 0 amide bonds. The van der Waals surface area contributed by atoms with Gasteiger partial charge in [-0.2, -0.15) is 0 Å². The number of nitrogens with one attached hydrogen (secondary N) is 1. The molecule has 154 valence electrons. The number of hydrogen-bond donors (Lipinski definition) is 2. The molecule has 1 atom stereocenters. The molecule has 2 heterocycles. The Morgan fingerprint density at radius 2 is 2.10 bits per heavy atom. The predicted molar refractivity (Wildman–Crippen MR) is 114 cm³/mol. The molecule has 2 aromatic rings. The van der Waals surface area contributed by atoms with Gasteiger partial charge in [-0.15, -0.1) is 0 Å². The first kappa shape index (κ1) is 19.9. The Bertz CT molecular complexity index is 868. The van der Waals surface area contributed by atoms with Gasteiger partial charge in [-0.1, -0.05) is 6.07 Å². The van der Waals surface area contributed by atoms with Gasteiger partial charge in [0.2, 0.25) is 5.88 Å². The molecule has 2 aliphatic rings. The van der Waals surface area contributed by atoms with E-state index >= 15 is 0 Å². The normalized spacial score (nSPS) is 19.8. The maximum Gasteiger partial charge on any atom is 0.230 e. The minimum Gasteiger partial charge on any atom is -0.438 e. The molecule has 1 aromatic heterocycles. The molecule has 1 aliphatic carbocycles. The van der Waals surface area contributed by atoms with Crippen molar-refractivity contribution in [1.29, 1.82) is 0 Å². The van der Waals surface area contributed by atoms with Crippen molar-refractivity contribution in [2.24, 2.45) is 4.99 Å². The van der Waals surface area contributed by atoms with Crippen molar-refractivity contribution in [2.75, 3.05) is 20.1 Å². The second kappa shape index (κ2) is 9.37. The van der Waals surface area contributed by atoms with E-state index in [1.54, 1.807) is 6.20 Å². The number of rotatable bonds is 6. The predicted octanol–water partition coefficient (Wildman–Crippen LogP) is 3.96. The summed E-state index contributed by atoms with van der Waals surface area (Å²) in [7, 11) is 2.16. The topological polar surface area (TPSA) is 70.0 Å². The summed E-state index contributed by atoms with van der Waals surface area (Å²) in [5.74, 6) is 1.61. The van der Waals surface area contributed by atoms with Crippen molar-refractivity contribution in [3.63, 3.8) is 0 Å². The van der Waals surface area contributed by atoms with Crippen LogP contribution >= 0.6 is 0 Å². The van der Waals surface area contributed by atoms with Gasteiger partial charge in [0.05, 0.1) is 5.56 Å². The van der Waals surface area contributed by atoms with E-state index in [4.69, 9.17) is 4.74 Å². The zero-order valence-electron chi connectivity index (χ0n) is 17.1. The van der Waals surface area contributed by atoms with E-state index in [2.05, 4.69) is 39.5 Å². The van der Waals surface area contributed by atoms with Gasteiger partial charge < -0.3 is 9.64 Å². The first-order chi connectivity index (χ1) is 14.2. The van der Waals surface area contributed by atoms with Crippen LogP contribution in [0.25, 0.3) is 0 Å². The van der Waals surface area contributed by atoms with Gasteiger partial charge >= 0.3 is 0 Å². The third-order valence-electron chi connectivity index (χ3n) is 6.07. The van der Waals surface area contributed by atoms with Crippen LogP contribution in [-0.4, -0.2) is 47.1 Å². The zero-order valence-corrected chi connectivity index (χ0v) is 17.1. The van der Waals surface area contributed by atoms with Crippen LogP contribution in [0.1, 0.15) is 48.8 Å². The van der Waals surface area contributed by atoms with E-state index < -0.39 is 0 Å². The SMILES string of the molecule is CN1CCCC1CCN=C(NO)c1cccnc1Oc1ccc2c(c1)CCCC2. The average Bonchev–Trinajstić information content (AvgIpc) is 3.16. The second-order valence-electron chi connectivity index (χ2n) is 8.00. The number of aliphatic imine (C=N–C) groups is 1. The van der Waals surface area contributed by atoms with Crippen LogP contribution in [0.3, 0.4) is 0 Å². The number of likely N-dealkylation sites (tertiary alicyclic amines) is 1. The summed E-state index contributed by atoms with van der Waals surface area (Å²) in [6.45, 7) is 1.80. The maximum atomic E-state index is 9.70. The summed E-state index contributed by atoms with van der Waals surface area (Å²) >= 11 is 0. The third kappa shape index (κ3) is 4.77. The highest BCUT2D eigenvalue weighted by molar-refractivity contribution is 6.00. The van der Waals surface area contributed by atoms with Crippen molar-refractivity contribution < 1.29 is 9.94 Å². The lowest BCUT2D eigenvalue weighted by Gasteiger charge is -2.18. The second-order valence-corrected chi connectivity index (χ2v) is 8.00. The number of aromatic nitrogens is 1. The molecule has 0 spiro atoms. The number of pyridine rings is 1. The lowest BCUT2D eigenvalue weighted by Crippen LogP contribution is -2.26. The minimum absolute atomic E-state index is 0.395. The molecular weight excluding hydrogens is 364 g/mol. The fourth-order valence-electron chi connectivity index (χ4n) is 4.39. The molecule has 4 rings (SSSR count). The number of fused-ring (bicyclic) bond motifs is 1. The Hall–Kier alpha value is -2.44. The summed E-state index contributed by atoms with van der Waals surface area (Å²) in [5.41, 5.74) is 5.69. The molecule has 1 fully saturated rings. The maximum absolute atomic E-state index is 9.70. The molecule has 6 nitrogen and oxygen atoms in total. The first-order valence-corrected chi connectivity index (χ1v) is 10.6. The third-order valence-corrected chi connectivity index (χ3v) is 6.07. The van der Waals surface area contributed by atoms with Gasteiger partial charge in [-0.3, -0.25) is 15.7 Å². The van der Waals surface area contributed by atoms with Crippen LogP contribution in [0.15, 0.2) is 41.5 Å². The van der Waals surface area contributed by atoms with E-state index in [0.29, 0.717) is 29.9 Å². The molecule has 1 unspecified atom stereocenters. The Morgan fingerprint density at radius 1 is 1.24 bits per heavy atom. The van der Waals surface area contributed by atoms with E-state index in [0.717, 1.165) is 31.6 Å². The Kier molecular flexibility index (Phi) is 6.42. The molecule has 0 saturated carbocycles. The average molecular weight is 395 g/mol. The minimum atomic E-state index is 0.395. The first-order valence-electron chi connectivity index (χ1n) is 10.6. The van der Waals surface area contributed by atoms with Gasteiger partial charge in [0.15, 0.2) is 5.84 Å².